The maximum atomic E-state index is 11.9. The van der Waals surface area contributed by atoms with Crippen molar-refractivity contribution in [1.29, 1.82) is 0 Å². The van der Waals surface area contributed by atoms with Gasteiger partial charge in [-0.25, -0.2) is 0 Å². The number of likely N-dealkylation sites (tertiary alicyclic amines) is 1. The van der Waals surface area contributed by atoms with Crippen LogP contribution in [0.5, 0.6) is 0 Å². The molecule has 2 rings (SSSR count). The van der Waals surface area contributed by atoms with E-state index in [1.54, 1.807) is 0 Å². The molecule has 1 saturated heterocycles. The van der Waals surface area contributed by atoms with Gasteiger partial charge in [0.15, 0.2) is 0 Å². The third-order valence-electron chi connectivity index (χ3n) is 3.67. The number of anilines is 1. The Hall–Kier alpha value is -1.39. The van der Waals surface area contributed by atoms with Crippen LogP contribution < -0.4 is 11.1 Å². The zero-order chi connectivity index (χ0) is 13.7. The summed E-state index contributed by atoms with van der Waals surface area (Å²) in [6, 6.07) is 7.69. The first kappa shape index (κ1) is 14.0. The molecule has 104 valence electrons. The van der Waals surface area contributed by atoms with Crippen LogP contribution in [-0.2, 0) is 11.3 Å². The minimum Gasteiger partial charge on any atom is -0.326 e. The highest BCUT2D eigenvalue weighted by atomic mass is 16.1. The van der Waals surface area contributed by atoms with Gasteiger partial charge < -0.3 is 16.0 Å². The van der Waals surface area contributed by atoms with Gasteiger partial charge in [0.25, 0.3) is 0 Å². The summed E-state index contributed by atoms with van der Waals surface area (Å²) < 4.78 is 0. The van der Waals surface area contributed by atoms with Crippen molar-refractivity contribution < 1.29 is 4.79 Å². The summed E-state index contributed by atoms with van der Waals surface area (Å²) in [6.07, 6.45) is 1.79. The van der Waals surface area contributed by atoms with E-state index in [2.05, 4.69) is 17.1 Å². The molecule has 0 bridgehead atoms. The Labute approximate surface area is 115 Å². The Morgan fingerprint density at radius 3 is 2.95 bits per heavy atom. The van der Waals surface area contributed by atoms with Crippen LogP contribution in [0.2, 0.25) is 0 Å². The second-order valence-electron chi connectivity index (χ2n) is 5.35. The van der Waals surface area contributed by atoms with Crippen LogP contribution in [0.1, 0.15) is 25.3 Å². The summed E-state index contributed by atoms with van der Waals surface area (Å²) in [7, 11) is 0. The third-order valence-corrected chi connectivity index (χ3v) is 3.67. The van der Waals surface area contributed by atoms with E-state index in [9.17, 15) is 4.79 Å². The quantitative estimate of drug-likeness (QED) is 0.850. The molecular weight excluding hydrogens is 238 g/mol. The van der Waals surface area contributed by atoms with E-state index in [1.807, 2.05) is 24.3 Å². The van der Waals surface area contributed by atoms with Gasteiger partial charge in [-0.3, -0.25) is 4.79 Å². The van der Waals surface area contributed by atoms with Crippen LogP contribution >= 0.6 is 0 Å². The Morgan fingerprint density at radius 2 is 2.26 bits per heavy atom. The van der Waals surface area contributed by atoms with Crippen molar-refractivity contribution in [2.24, 2.45) is 11.7 Å². The summed E-state index contributed by atoms with van der Waals surface area (Å²) >= 11 is 0. The molecule has 3 N–H and O–H groups in total. The smallest absolute Gasteiger partial charge is 0.225 e. The summed E-state index contributed by atoms with van der Waals surface area (Å²) in [5, 5.41) is 2.95. The molecule has 0 spiro atoms. The minimum atomic E-state index is 0.0699. The zero-order valence-electron chi connectivity index (χ0n) is 11.6. The Balaban J connectivity index is 1.81. The topological polar surface area (TPSA) is 58.4 Å². The van der Waals surface area contributed by atoms with Gasteiger partial charge in [0, 0.05) is 31.7 Å². The minimum absolute atomic E-state index is 0.0699. The first-order valence-corrected chi connectivity index (χ1v) is 6.99. The molecule has 0 aliphatic carbocycles. The molecule has 4 nitrogen and oxygen atoms in total. The number of hydrogen-bond acceptors (Lipinski definition) is 3. The zero-order valence-corrected chi connectivity index (χ0v) is 11.6. The molecular formula is C15H23N3O. The molecule has 4 heteroatoms. The van der Waals surface area contributed by atoms with Gasteiger partial charge in [-0.1, -0.05) is 25.1 Å². The Bertz CT molecular complexity index is 433. The second kappa shape index (κ2) is 6.68. The van der Waals surface area contributed by atoms with Crippen LogP contribution in [-0.4, -0.2) is 30.4 Å². The van der Waals surface area contributed by atoms with Crippen LogP contribution in [0.25, 0.3) is 0 Å². The molecule has 1 unspecified atom stereocenters. The van der Waals surface area contributed by atoms with Gasteiger partial charge in [-0.05, 0) is 30.5 Å². The molecule has 0 radical (unpaired) electrons. The normalized spacial score (nSPS) is 19.6. The van der Waals surface area contributed by atoms with E-state index in [-0.39, 0.29) is 5.91 Å². The second-order valence-corrected chi connectivity index (χ2v) is 5.35. The van der Waals surface area contributed by atoms with Crippen molar-refractivity contribution in [2.75, 3.05) is 25.0 Å². The number of rotatable bonds is 5. The van der Waals surface area contributed by atoms with E-state index in [4.69, 9.17) is 5.73 Å². The molecule has 1 aliphatic heterocycles. The highest BCUT2D eigenvalue weighted by Crippen LogP contribution is 2.16. The molecule has 1 aliphatic rings. The first-order chi connectivity index (χ1) is 9.19. The molecule has 0 aromatic heterocycles. The number of carbonyl (C=O) groups is 1. The average molecular weight is 261 g/mol. The van der Waals surface area contributed by atoms with Crippen molar-refractivity contribution in [3.63, 3.8) is 0 Å². The predicted molar refractivity (Wildman–Crippen MR) is 77.8 cm³/mol. The molecule has 1 heterocycles. The Morgan fingerprint density at radius 1 is 1.47 bits per heavy atom. The maximum Gasteiger partial charge on any atom is 0.225 e. The first-order valence-electron chi connectivity index (χ1n) is 6.99. The van der Waals surface area contributed by atoms with Gasteiger partial charge >= 0.3 is 0 Å². The SMILES string of the molecule is CC1CCN(CCC(=O)Nc2ccccc2CN)C1. The highest BCUT2D eigenvalue weighted by molar-refractivity contribution is 5.91. The molecule has 1 aromatic carbocycles. The summed E-state index contributed by atoms with van der Waals surface area (Å²) in [4.78, 5) is 14.3. The van der Waals surface area contributed by atoms with Crippen molar-refractivity contribution in [1.82, 2.24) is 4.90 Å². The van der Waals surface area contributed by atoms with E-state index < -0.39 is 0 Å². The lowest BCUT2D eigenvalue weighted by atomic mass is 10.1. The predicted octanol–water partition coefficient (Wildman–Crippen LogP) is 1.82. The van der Waals surface area contributed by atoms with Crippen LogP contribution in [0.15, 0.2) is 24.3 Å². The fourth-order valence-electron chi connectivity index (χ4n) is 2.52. The number of nitrogens with zero attached hydrogens (tertiary/aromatic N) is 1. The van der Waals surface area contributed by atoms with Gasteiger partial charge in [-0.15, -0.1) is 0 Å². The average Bonchev–Trinajstić information content (AvgIpc) is 2.83. The van der Waals surface area contributed by atoms with Crippen molar-refractivity contribution >= 4 is 11.6 Å². The number of nitrogens with one attached hydrogen (secondary N) is 1. The lowest BCUT2D eigenvalue weighted by Gasteiger charge is -2.15. The van der Waals surface area contributed by atoms with Crippen molar-refractivity contribution in [2.45, 2.75) is 26.3 Å². The number of hydrogen-bond donors (Lipinski definition) is 2. The van der Waals surface area contributed by atoms with Crippen LogP contribution in [0.4, 0.5) is 5.69 Å². The van der Waals surface area contributed by atoms with E-state index in [0.717, 1.165) is 36.8 Å². The molecule has 1 amide bonds. The van der Waals surface area contributed by atoms with Crippen molar-refractivity contribution in [3.8, 4) is 0 Å². The van der Waals surface area contributed by atoms with E-state index in [1.165, 1.54) is 6.42 Å². The summed E-state index contributed by atoms with van der Waals surface area (Å²) in [6.45, 7) is 5.79. The Kier molecular flexibility index (Phi) is 4.93. The fraction of sp³-hybridized carbons (Fsp3) is 0.533. The largest absolute Gasteiger partial charge is 0.326 e. The van der Waals surface area contributed by atoms with Crippen LogP contribution in [0, 0.1) is 5.92 Å². The number of nitrogens with two attached hydrogens (primary N) is 1. The van der Waals surface area contributed by atoms with Crippen LogP contribution in [0.3, 0.4) is 0 Å². The monoisotopic (exact) mass is 261 g/mol. The van der Waals surface area contributed by atoms with E-state index >= 15 is 0 Å². The number of para-hydroxylation sites is 1. The van der Waals surface area contributed by atoms with E-state index in [0.29, 0.717) is 13.0 Å². The number of amides is 1. The molecule has 0 saturated carbocycles. The molecule has 19 heavy (non-hydrogen) atoms. The highest BCUT2D eigenvalue weighted by Gasteiger charge is 2.18. The molecule has 1 atom stereocenters. The summed E-state index contributed by atoms with van der Waals surface area (Å²) in [5.41, 5.74) is 7.47. The fourth-order valence-corrected chi connectivity index (χ4v) is 2.52. The standard InChI is InChI=1S/C15H23N3O/c1-12-6-8-18(11-12)9-7-15(19)17-14-5-3-2-4-13(14)10-16/h2-5,12H,6-11,16H2,1H3,(H,17,19). The number of benzene rings is 1. The lowest BCUT2D eigenvalue weighted by Crippen LogP contribution is -2.26. The van der Waals surface area contributed by atoms with Gasteiger partial charge in [0.1, 0.15) is 0 Å². The lowest BCUT2D eigenvalue weighted by molar-refractivity contribution is -0.116. The van der Waals surface area contributed by atoms with Crippen molar-refractivity contribution in [3.05, 3.63) is 29.8 Å². The third kappa shape index (κ3) is 4.04. The summed E-state index contributed by atoms with van der Waals surface area (Å²) in [5.74, 6) is 0.835. The maximum absolute atomic E-state index is 11.9. The van der Waals surface area contributed by atoms with Gasteiger partial charge in [0.05, 0.1) is 0 Å². The number of carbonyl (C=O) groups excluding carboxylic acids is 1. The molecule has 1 aromatic rings. The molecule has 1 fully saturated rings. The van der Waals surface area contributed by atoms with Gasteiger partial charge in [-0.2, -0.15) is 0 Å². The van der Waals surface area contributed by atoms with Gasteiger partial charge in [0.2, 0.25) is 5.91 Å².